The summed E-state index contributed by atoms with van der Waals surface area (Å²) in [6, 6.07) is 10.8. The molecule has 144 valence electrons. The molecule has 3 N–H and O–H groups in total. The van der Waals surface area contributed by atoms with Crippen LogP contribution in [0.25, 0.3) is 4.91 Å². The van der Waals surface area contributed by atoms with Gasteiger partial charge in [-0.2, -0.15) is 4.57 Å². The van der Waals surface area contributed by atoms with Crippen molar-refractivity contribution in [2.24, 2.45) is 5.92 Å². The SMILES string of the molecule is C[C@@H](O)[C@H]1C(=O)N2C(C(=O)O)=C(c3ccc(C[n+]4cccc(O)c4)cc3)S[C@H]12. The van der Waals surface area contributed by atoms with Crippen LogP contribution in [0.1, 0.15) is 18.1 Å². The summed E-state index contributed by atoms with van der Waals surface area (Å²) in [4.78, 5) is 25.9. The van der Waals surface area contributed by atoms with Gasteiger partial charge in [-0.3, -0.25) is 9.69 Å². The average molecular weight is 399 g/mol. The molecule has 0 aliphatic carbocycles. The molecule has 3 atom stereocenters. The highest BCUT2D eigenvalue weighted by atomic mass is 32.2. The van der Waals surface area contributed by atoms with Crippen LogP contribution >= 0.6 is 11.8 Å². The van der Waals surface area contributed by atoms with Gasteiger partial charge in [0.1, 0.15) is 11.1 Å². The highest BCUT2D eigenvalue weighted by molar-refractivity contribution is 8.09. The van der Waals surface area contributed by atoms with Crippen LogP contribution < -0.4 is 4.57 Å². The van der Waals surface area contributed by atoms with Gasteiger partial charge in [-0.25, -0.2) is 4.79 Å². The molecule has 0 unspecified atom stereocenters. The highest BCUT2D eigenvalue weighted by Gasteiger charge is 2.57. The second kappa shape index (κ2) is 6.96. The molecule has 1 fully saturated rings. The molecule has 1 amide bonds. The van der Waals surface area contributed by atoms with Gasteiger partial charge in [-0.05, 0) is 18.6 Å². The Morgan fingerprint density at radius 1 is 1.29 bits per heavy atom. The Bertz CT molecular complexity index is 986. The minimum atomic E-state index is -1.15. The van der Waals surface area contributed by atoms with E-state index in [1.54, 1.807) is 25.3 Å². The number of hydrogen-bond donors (Lipinski definition) is 3. The molecule has 28 heavy (non-hydrogen) atoms. The number of fused-ring (bicyclic) bond motifs is 1. The van der Waals surface area contributed by atoms with E-state index in [0.29, 0.717) is 11.4 Å². The molecule has 2 aliphatic rings. The van der Waals surface area contributed by atoms with Gasteiger partial charge in [0.2, 0.25) is 12.1 Å². The number of thioether (sulfide) groups is 1. The number of carbonyl (C=O) groups excluding carboxylic acids is 1. The van der Waals surface area contributed by atoms with E-state index in [0.717, 1.165) is 11.1 Å². The quantitative estimate of drug-likeness (QED) is 0.519. The fourth-order valence-electron chi connectivity index (χ4n) is 3.56. The smallest absolute Gasteiger partial charge is 0.353 e. The van der Waals surface area contributed by atoms with Gasteiger partial charge in [0, 0.05) is 16.5 Å². The third-order valence-corrected chi connectivity index (χ3v) is 6.34. The number of rotatable bonds is 5. The lowest BCUT2D eigenvalue weighted by Gasteiger charge is -2.43. The maximum atomic E-state index is 12.3. The first-order chi connectivity index (χ1) is 13.4. The maximum Gasteiger partial charge on any atom is 0.353 e. The van der Waals surface area contributed by atoms with Crippen LogP contribution in [0.5, 0.6) is 5.75 Å². The van der Waals surface area contributed by atoms with E-state index in [4.69, 9.17) is 0 Å². The number of nitrogens with zero attached hydrogens (tertiary/aromatic N) is 2. The first kappa shape index (κ1) is 18.5. The molecule has 3 heterocycles. The molecule has 4 rings (SSSR count). The van der Waals surface area contributed by atoms with E-state index in [1.165, 1.54) is 16.7 Å². The van der Waals surface area contributed by atoms with Crippen molar-refractivity contribution >= 4 is 28.5 Å². The van der Waals surface area contributed by atoms with Crippen molar-refractivity contribution in [3.05, 3.63) is 65.6 Å². The fraction of sp³-hybridized carbons (Fsp3) is 0.250. The third-order valence-electron chi connectivity index (χ3n) is 4.93. The lowest BCUT2D eigenvalue weighted by molar-refractivity contribution is -0.688. The first-order valence-corrected chi connectivity index (χ1v) is 9.67. The molecule has 0 saturated carbocycles. The highest BCUT2D eigenvalue weighted by Crippen LogP contribution is 2.53. The van der Waals surface area contributed by atoms with Gasteiger partial charge in [-0.1, -0.05) is 36.0 Å². The molecule has 8 heteroatoms. The number of aromatic nitrogens is 1. The Morgan fingerprint density at radius 2 is 2.00 bits per heavy atom. The Morgan fingerprint density at radius 3 is 2.61 bits per heavy atom. The van der Waals surface area contributed by atoms with Gasteiger partial charge in [-0.15, -0.1) is 0 Å². The summed E-state index contributed by atoms with van der Waals surface area (Å²) in [5, 5.41) is 28.6. The van der Waals surface area contributed by atoms with Gasteiger partial charge in [0.05, 0.1) is 12.0 Å². The Balaban J connectivity index is 1.60. The lowest BCUT2D eigenvalue weighted by atomic mass is 9.92. The number of carbonyl (C=O) groups is 2. The Hall–Kier alpha value is -2.84. The molecular weight excluding hydrogens is 380 g/mol. The number of benzene rings is 1. The number of aliphatic carboxylic acids is 1. The number of hydrogen-bond acceptors (Lipinski definition) is 5. The molecule has 0 radical (unpaired) electrons. The van der Waals surface area contributed by atoms with Crippen LogP contribution in [0.3, 0.4) is 0 Å². The first-order valence-electron chi connectivity index (χ1n) is 8.79. The molecule has 2 aromatic rings. The predicted molar refractivity (Wildman–Crippen MR) is 102 cm³/mol. The zero-order valence-corrected chi connectivity index (χ0v) is 15.8. The molecule has 1 aromatic heterocycles. The van der Waals surface area contributed by atoms with E-state index in [-0.39, 0.29) is 22.7 Å². The summed E-state index contributed by atoms with van der Waals surface area (Å²) >= 11 is 1.31. The van der Waals surface area contributed by atoms with Crippen LogP contribution in [0.15, 0.2) is 54.5 Å². The van der Waals surface area contributed by atoms with Gasteiger partial charge in [0.25, 0.3) is 0 Å². The lowest BCUT2D eigenvalue weighted by Crippen LogP contribution is -2.60. The van der Waals surface area contributed by atoms with Crippen molar-refractivity contribution in [3.8, 4) is 5.75 Å². The molecule has 0 bridgehead atoms. The van der Waals surface area contributed by atoms with Gasteiger partial charge < -0.3 is 15.3 Å². The zero-order chi connectivity index (χ0) is 20.0. The van der Waals surface area contributed by atoms with Crippen molar-refractivity contribution in [1.29, 1.82) is 0 Å². The number of amides is 1. The van der Waals surface area contributed by atoms with Gasteiger partial charge >= 0.3 is 5.97 Å². The van der Waals surface area contributed by atoms with Crippen LogP contribution in [0, 0.1) is 5.92 Å². The standard InChI is InChI=1S/C20H18N2O5S/c1-11(23)15-18(25)22-16(20(26)27)17(28-19(15)22)13-6-4-12(5-7-13)9-21-8-2-3-14(24)10-21/h2-8,10-11,15,19,23H,9H2,1H3,(H-,24,26,27)/p+1/t11-,15+,19-/m1/s1. The summed E-state index contributed by atoms with van der Waals surface area (Å²) in [7, 11) is 0. The maximum absolute atomic E-state index is 12.3. The molecule has 1 aromatic carbocycles. The van der Waals surface area contributed by atoms with Crippen molar-refractivity contribution in [2.45, 2.75) is 24.9 Å². The van der Waals surface area contributed by atoms with Crippen LogP contribution in [0.2, 0.25) is 0 Å². The van der Waals surface area contributed by atoms with Crippen molar-refractivity contribution in [3.63, 3.8) is 0 Å². The van der Waals surface area contributed by atoms with Crippen LogP contribution in [0.4, 0.5) is 0 Å². The third kappa shape index (κ3) is 3.04. The number of pyridine rings is 1. The van der Waals surface area contributed by atoms with E-state index < -0.39 is 18.0 Å². The fourth-order valence-corrected chi connectivity index (χ4v) is 5.18. The summed E-state index contributed by atoms with van der Waals surface area (Å²) in [6.07, 6.45) is 2.65. The molecule has 7 nitrogen and oxygen atoms in total. The summed E-state index contributed by atoms with van der Waals surface area (Å²) in [5.41, 5.74) is 1.69. The number of carboxylic acids is 1. The summed E-state index contributed by atoms with van der Waals surface area (Å²) in [6.45, 7) is 2.11. The molecule has 1 saturated heterocycles. The average Bonchev–Trinajstić information content (AvgIpc) is 2.97. The predicted octanol–water partition coefficient (Wildman–Crippen LogP) is 1.39. The summed E-state index contributed by atoms with van der Waals surface area (Å²) in [5.74, 6) is -1.91. The number of aliphatic hydroxyl groups is 1. The van der Waals surface area contributed by atoms with Crippen LogP contribution in [-0.4, -0.2) is 43.6 Å². The normalized spacial score (nSPS) is 22.1. The van der Waals surface area contributed by atoms with E-state index in [1.807, 2.05) is 35.0 Å². The number of carboxylic acid groups (broad SMARTS) is 1. The van der Waals surface area contributed by atoms with Crippen LogP contribution in [-0.2, 0) is 16.1 Å². The second-order valence-electron chi connectivity index (χ2n) is 6.90. The van der Waals surface area contributed by atoms with E-state index >= 15 is 0 Å². The molecular formula is C20H19N2O5S+. The summed E-state index contributed by atoms with van der Waals surface area (Å²) < 4.78 is 1.84. The zero-order valence-electron chi connectivity index (χ0n) is 15.0. The number of β-lactam (4-membered cyclic amide) rings is 1. The van der Waals surface area contributed by atoms with Crippen molar-refractivity contribution < 1.29 is 29.5 Å². The van der Waals surface area contributed by atoms with E-state index in [9.17, 15) is 24.9 Å². The number of aliphatic hydroxyl groups excluding tert-OH is 1. The second-order valence-corrected chi connectivity index (χ2v) is 8.02. The number of aromatic hydroxyl groups is 1. The van der Waals surface area contributed by atoms with E-state index in [2.05, 4.69) is 0 Å². The monoisotopic (exact) mass is 399 g/mol. The van der Waals surface area contributed by atoms with Crippen molar-refractivity contribution in [2.75, 3.05) is 0 Å². The largest absolute Gasteiger partial charge is 0.503 e. The van der Waals surface area contributed by atoms with Gasteiger partial charge in [0.15, 0.2) is 18.5 Å². The minimum absolute atomic E-state index is 0.0213. The molecule has 2 aliphatic heterocycles. The topological polar surface area (TPSA) is 102 Å². The Labute approximate surface area is 165 Å². The molecule has 0 spiro atoms. The minimum Gasteiger partial charge on any atom is -0.503 e. The van der Waals surface area contributed by atoms with Crippen molar-refractivity contribution in [1.82, 2.24) is 4.90 Å². The Kier molecular flexibility index (Phi) is 4.60.